The highest BCUT2D eigenvalue weighted by molar-refractivity contribution is 7.90. The highest BCUT2D eigenvalue weighted by Crippen LogP contribution is 2.29. The van der Waals surface area contributed by atoms with E-state index in [-0.39, 0.29) is 16.3 Å². The number of fused-ring (bicyclic) bond motifs is 1. The molecule has 0 amide bonds. The third-order valence-corrected chi connectivity index (χ3v) is 6.82. The molecule has 1 N–H and O–H groups in total. The average Bonchev–Trinajstić information content (AvgIpc) is 2.68. The van der Waals surface area contributed by atoms with Crippen molar-refractivity contribution in [2.45, 2.75) is 51.8 Å². The molecule has 0 saturated carbocycles. The van der Waals surface area contributed by atoms with Crippen molar-refractivity contribution in [1.29, 1.82) is 0 Å². The molecule has 2 atom stereocenters. The number of rotatable bonds is 5. The Hall–Kier alpha value is -1.61. The zero-order chi connectivity index (χ0) is 21.3. The molecule has 0 radical (unpaired) electrons. The van der Waals surface area contributed by atoms with Crippen LogP contribution < -0.4 is 15.2 Å². The van der Waals surface area contributed by atoms with Gasteiger partial charge in [0.15, 0.2) is 0 Å². The fourth-order valence-corrected chi connectivity index (χ4v) is 4.43. The molecule has 0 aliphatic carbocycles. The van der Waals surface area contributed by atoms with Gasteiger partial charge in [-0.2, -0.15) is 0 Å². The van der Waals surface area contributed by atoms with Gasteiger partial charge in [0, 0.05) is 37.1 Å². The van der Waals surface area contributed by atoms with Crippen LogP contribution in [0.3, 0.4) is 0 Å². The molecular formula is C21H32N4O3S. The maximum absolute atomic E-state index is 13.2. The lowest BCUT2D eigenvalue weighted by Crippen LogP contribution is -2.41. The average molecular weight is 421 g/mol. The smallest absolute Gasteiger partial charge is 0.262 e. The lowest BCUT2D eigenvalue weighted by atomic mass is 9.99. The summed E-state index contributed by atoms with van der Waals surface area (Å²) in [5.41, 5.74) is 2.54. The SMILES string of the molecule is CC[C@@H](N[S+]([O-])C(C)(C)C)c1cc(C)cc2c(=O)n(C)c(N3CCOCC3)nc12. The van der Waals surface area contributed by atoms with Crippen molar-refractivity contribution in [3.63, 3.8) is 0 Å². The maximum atomic E-state index is 13.2. The summed E-state index contributed by atoms with van der Waals surface area (Å²) in [5, 5.41) is 0.598. The number of hydrogen-bond acceptors (Lipinski definition) is 6. The first-order valence-corrected chi connectivity index (χ1v) is 11.3. The number of aryl methyl sites for hydroxylation is 1. The third kappa shape index (κ3) is 4.60. The fourth-order valence-electron chi connectivity index (χ4n) is 3.53. The van der Waals surface area contributed by atoms with Gasteiger partial charge in [0.1, 0.15) is 4.75 Å². The lowest BCUT2D eigenvalue weighted by Gasteiger charge is -2.30. The number of nitrogens with zero attached hydrogens (tertiary/aromatic N) is 3. The Kier molecular flexibility index (Phi) is 6.57. The van der Waals surface area contributed by atoms with E-state index in [4.69, 9.17) is 9.72 Å². The fraction of sp³-hybridized carbons (Fsp3) is 0.619. The molecule has 0 spiro atoms. The van der Waals surface area contributed by atoms with Gasteiger partial charge >= 0.3 is 0 Å². The Morgan fingerprint density at radius 3 is 2.55 bits per heavy atom. The predicted molar refractivity (Wildman–Crippen MR) is 119 cm³/mol. The number of nitrogens with one attached hydrogen (secondary N) is 1. The largest absolute Gasteiger partial charge is 0.598 e. The number of aromatic nitrogens is 2. The first-order valence-electron chi connectivity index (χ1n) is 10.2. The van der Waals surface area contributed by atoms with E-state index in [0.717, 1.165) is 17.5 Å². The topological polar surface area (TPSA) is 82.5 Å². The van der Waals surface area contributed by atoms with Gasteiger partial charge in [-0.3, -0.25) is 9.36 Å². The molecule has 2 heterocycles. The molecule has 7 nitrogen and oxygen atoms in total. The molecule has 1 aromatic carbocycles. The Balaban J connectivity index is 2.15. The molecule has 1 aliphatic heterocycles. The first kappa shape index (κ1) is 22.1. The predicted octanol–water partition coefficient (Wildman–Crippen LogP) is 2.58. The van der Waals surface area contributed by atoms with E-state index in [0.29, 0.717) is 43.2 Å². The summed E-state index contributed by atoms with van der Waals surface area (Å²) < 4.78 is 22.7. The second-order valence-electron chi connectivity index (χ2n) is 8.59. The van der Waals surface area contributed by atoms with E-state index in [9.17, 15) is 9.35 Å². The highest BCUT2D eigenvalue weighted by Gasteiger charge is 2.30. The van der Waals surface area contributed by atoms with Crippen molar-refractivity contribution in [3.8, 4) is 0 Å². The number of hydrogen-bond donors (Lipinski definition) is 1. The van der Waals surface area contributed by atoms with E-state index in [1.54, 1.807) is 11.6 Å². The zero-order valence-corrected chi connectivity index (χ0v) is 19.1. The summed E-state index contributed by atoms with van der Waals surface area (Å²) in [7, 11) is 1.77. The summed E-state index contributed by atoms with van der Waals surface area (Å²) in [4.78, 5) is 20.2. The van der Waals surface area contributed by atoms with Gasteiger partial charge in [-0.25, -0.2) is 4.98 Å². The van der Waals surface area contributed by atoms with Crippen LogP contribution in [0.4, 0.5) is 5.95 Å². The van der Waals surface area contributed by atoms with Crippen molar-refractivity contribution >= 4 is 28.2 Å². The Labute approximate surface area is 175 Å². The van der Waals surface area contributed by atoms with Gasteiger partial charge in [0.25, 0.3) is 5.56 Å². The summed E-state index contributed by atoms with van der Waals surface area (Å²) in [6.45, 7) is 12.5. The van der Waals surface area contributed by atoms with Crippen molar-refractivity contribution < 1.29 is 9.29 Å². The number of benzene rings is 1. The first-order chi connectivity index (χ1) is 13.6. The summed E-state index contributed by atoms with van der Waals surface area (Å²) >= 11 is -1.22. The summed E-state index contributed by atoms with van der Waals surface area (Å²) in [6, 6.07) is 3.79. The van der Waals surface area contributed by atoms with Crippen LogP contribution >= 0.6 is 0 Å². The maximum Gasteiger partial charge on any atom is 0.262 e. The quantitative estimate of drug-likeness (QED) is 0.749. The van der Waals surface area contributed by atoms with E-state index in [1.807, 2.05) is 33.8 Å². The molecule has 1 fully saturated rings. The Morgan fingerprint density at radius 1 is 1.31 bits per heavy atom. The molecule has 1 saturated heterocycles. The molecule has 8 heteroatoms. The number of morpholine rings is 1. The standard InChI is InChI=1S/C21H32N4O3S/c1-7-17(23-29(27)21(3,4)5)15-12-14(2)13-16-18(15)22-20(24(6)19(16)26)25-8-10-28-11-9-25/h12-13,17,23H,7-11H2,1-6H3/t17-,29?/m1/s1. The van der Waals surface area contributed by atoms with Crippen molar-refractivity contribution in [2.24, 2.45) is 7.05 Å². The summed E-state index contributed by atoms with van der Waals surface area (Å²) in [6.07, 6.45) is 0.740. The summed E-state index contributed by atoms with van der Waals surface area (Å²) in [5.74, 6) is 0.655. The number of ether oxygens (including phenoxy) is 1. The van der Waals surface area contributed by atoms with Crippen molar-refractivity contribution in [2.75, 3.05) is 31.2 Å². The van der Waals surface area contributed by atoms with Crippen LogP contribution in [0.2, 0.25) is 0 Å². The third-order valence-electron chi connectivity index (χ3n) is 5.21. The van der Waals surface area contributed by atoms with E-state index in [2.05, 4.69) is 22.6 Å². The minimum Gasteiger partial charge on any atom is -0.598 e. The number of anilines is 1. The van der Waals surface area contributed by atoms with Gasteiger partial charge in [0.05, 0.1) is 30.2 Å². The minimum atomic E-state index is -1.22. The van der Waals surface area contributed by atoms with Crippen LogP contribution in [0, 0.1) is 6.92 Å². The monoisotopic (exact) mass is 420 g/mol. The molecule has 29 heavy (non-hydrogen) atoms. The zero-order valence-electron chi connectivity index (χ0n) is 18.2. The van der Waals surface area contributed by atoms with E-state index >= 15 is 0 Å². The van der Waals surface area contributed by atoms with Crippen LogP contribution in [-0.4, -0.2) is 45.2 Å². The van der Waals surface area contributed by atoms with Gasteiger partial charge in [-0.15, -0.1) is 4.72 Å². The van der Waals surface area contributed by atoms with Crippen molar-refractivity contribution in [3.05, 3.63) is 33.6 Å². The van der Waals surface area contributed by atoms with Crippen molar-refractivity contribution in [1.82, 2.24) is 14.3 Å². The molecule has 1 aliphatic rings. The van der Waals surface area contributed by atoms with Gasteiger partial charge < -0.3 is 14.2 Å². The van der Waals surface area contributed by atoms with Gasteiger partial charge in [0.2, 0.25) is 5.95 Å². The van der Waals surface area contributed by atoms with Crippen LogP contribution in [0.15, 0.2) is 16.9 Å². The van der Waals surface area contributed by atoms with Gasteiger partial charge in [-0.1, -0.05) is 13.0 Å². The lowest BCUT2D eigenvalue weighted by molar-refractivity contribution is 0.121. The molecule has 2 aromatic rings. The molecule has 1 aromatic heterocycles. The van der Waals surface area contributed by atoms with Crippen LogP contribution in [0.1, 0.15) is 51.3 Å². The Bertz CT molecular complexity index is 932. The molecule has 0 bridgehead atoms. The minimum absolute atomic E-state index is 0.0618. The second kappa shape index (κ2) is 8.63. The van der Waals surface area contributed by atoms with Crippen LogP contribution in [0.5, 0.6) is 0 Å². The molecule has 1 unspecified atom stereocenters. The highest BCUT2D eigenvalue weighted by atomic mass is 32.2. The van der Waals surface area contributed by atoms with Gasteiger partial charge in [-0.05, 0) is 45.7 Å². The van der Waals surface area contributed by atoms with E-state index < -0.39 is 11.4 Å². The molecular weight excluding hydrogens is 388 g/mol. The van der Waals surface area contributed by atoms with E-state index in [1.165, 1.54) is 0 Å². The van der Waals surface area contributed by atoms with Crippen LogP contribution in [0.25, 0.3) is 10.9 Å². The second-order valence-corrected chi connectivity index (χ2v) is 10.6. The molecule has 3 rings (SSSR count). The van der Waals surface area contributed by atoms with Crippen LogP contribution in [-0.2, 0) is 23.1 Å². The normalized spacial score (nSPS) is 17.6. The Morgan fingerprint density at radius 2 is 1.97 bits per heavy atom. The molecule has 160 valence electrons.